The van der Waals surface area contributed by atoms with Crippen LogP contribution < -0.4 is 0 Å². The van der Waals surface area contributed by atoms with Gasteiger partial charge in [0.05, 0.1) is 12.0 Å². The molecular weight excluding hydrogens is 310 g/mol. The second-order valence-electron chi connectivity index (χ2n) is 5.37. The number of nitrogens with zero attached hydrogens (tertiary/aromatic N) is 3. The van der Waals surface area contributed by atoms with Crippen LogP contribution in [-0.2, 0) is 7.05 Å². The van der Waals surface area contributed by atoms with Gasteiger partial charge in [-0.15, -0.1) is 10.2 Å². The van der Waals surface area contributed by atoms with Crippen LogP contribution in [0.25, 0.3) is 11.6 Å². The van der Waals surface area contributed by atoms with Crippen LogP contribution in [0.1, 0.15) is 21.5 Å². The summed E-state index contributed by atoms with van der Waals surface area (Å²) in [5, 5.41) is 8.96. The first-order valence-electron chi connectivity index (χ1n) is 7.23. The second-order valence-corrected chi connectivity index (χ2v) is 6.32. The maximum absolute atomic E-state index is 12.4. The predicted octanol–water partition coefficient (Wildman–Crippen LogP) is 3.67. The summed E-state index contributed by atoms with van der Waals surface area (Å²) in [6, 6.07) is 9.56. The van der Waals surface area contributed by atoms with E-state index < -0.39 is 0 Å². The molecule has 3 rings (SSSR count). The molecule has 3 aromatic rings. The summed E-state index contributed by atoms with van der Waals surface area (Å²) >= 11 is 1.38. The molecule has 1 aromatic carbocycles. The highest BCUT2D eigenvalue weighted by atomic mass is 32.2. The third-order valence-corrected chi connectivity index (χ3v) is 4.62. The lowest BCUT2D eigenvalue weighted by Gasteiger charge is -2.06. The third kappa shape index (κ3) is 3.22. The Morgan fingerprint density at radius 2 is 2.09 bits per heavy atom. The first kappa shape index (κ1) is 15.6. The topological polar surface area (TPSA) is 60.9 Å². The van der Waals surface area contributed by atoms with Crippen molar-refractivity contribution in [1.29, 1.82) is 0 Å². The van der Waals surface area contributed by atoms with Gasteiger partial charge in [0, 0.05) is 12.6 Å². The zero-order chi connectivity index (χ0) is 16.4. The Bertz CT molecular complexity index is 838. The Balaban J connectivity index is 1.74. The van der Waals surface area contributed by atoms with Crippen molar-refractivity contribution in [1.82, 2.24) is 14.8 Å². The van der Waals surface area contributed by atoms with Gasteiger partial charge in [0.15, 0.2) is 22.5 Å². The molecule has 0 saturated heterocycles. The standard InChI is InChI=1S/C17H17N3O2S/c1-11-6-7-12(2)13(9-11)14(21)10-23-17-19-18-16(20(17)3)15-5-4-8-22-15/h4-9H,10H2,1-3H3. The van der Waals surface area contributed by atoms with Gasteiger partial charge >= 0.3 is 0 Å². The normalized spacial score (nSPS) is 10.9. The summed E-state index contributed by atoms with van der Waals surface area (Å²) in [5.41, 5.74) is 2.85. The summed E-state index contributed by atoms with van der Waals surface area (Å²) in [7, 11) is 1.86. The maximum Gasteiger partial charge on any atom is 0.200 e. The van der Waals surface area contributed by atoms with Gasteiger partial charge in [-0.2, -0.15) is 0 Å². The quantitative estimate of drug-likeness (QED) is 0.528. The zero-order valence-corrected chi connectivity index (χ0v) is 14.1. The smallest absolute Gasteiger partial charge is 0.200 e. The number of benzene rings is 1. The fourth-order valence-electron chi connectivity index (χ4n) is 2.31. The molecule has 23 heavy (non-hydrogen) atoms. The Hall–Kier alpha value is -2.34. The Morgan fingerprint density at radius 3 is 2.83 bits per heavy atom. The molecular formula is C17H17N3O2S. The molecule has 0 atom stereocenters. The van der Waals surface area contributed by atoms with Gasteiger partial charge in [0.25, 0.3) is 0 Å². The van der Waals surface area contributed by atoms with E-state index in [0.29, 0.717) is 22.5 Å². The molecule has 118 valence electrons. The average molecular weight is 327 g/mol. The van der Waals surface area contributed by atoms with E-state index in [4.69, 9.17) is 4.42 Å². The van der Waals surface area contributed by atoms with Gasteiger partial charge < -0.3 is 8.98 Å². The highest BCUT2D eigenvalue weighted by molar-refractivity contribution is 7.99. The SMILES string of the molecule is Cc1ccc(C)c(C(=O)CSc2nnc(-c3ccco3)n2C)c1. The number of rotatable bonds is 5. The fraction of sp³-hybridized carbons (Fsp3) is 0.235. The summed E-state index contributed by atoms with van der Waals surface area (Å²) in [4.78, 5) is 12.4. The number of Topliss-reactive ketones (excluding diaryl/α,β-unsaturated/α-hetero) is 1. The molecule has 0 aliphatic rings. The first-order chi connectivity index (χ1) is 11.1. The third-order valence-electron chi connectivity index (χ3n) is 3.60. The lowest BCUT2D eigenvalue weighted by Crippen LogP contribution is -2.06. The van der Waals surface area contributed by atoms with E-state index in [9.17, 15) is 4.79 Å². The van der Waals surface area contributed by atoms with E-state index in [1.807, 2.05) is 49.7 Å². The van der Waals surface area contributed by atoms with E-state index in [1.165, 1.54) is 11.8 Å². The maximum atomic E-state index is 12.4. The van der Waals surface area contributed by atoms with Crippen molar-refractivity contribution in [2.45, 2.75) is 19.0 Å². The van der Waals surface area contributed by atoms with Crippen LogP contribution in [0, 0.1) is 13.8 Å². The van der Waals surface area contributed by atoms with E-state index in [-0.39, 0.29) is 5.78 Å². The minimum absolute atomic E-state index is 0.0961. The molecule has 0 bridgehead atoms. The molecule has 0 unspecified atom stereocenters. The lowest BCUT2D eigenvalue weighted by atomic mass is 10.0. The molecule has 0 N–H and O–H groups in total. The fourth-order valence-corrected chi connectivity index (χ4v) is 3.10. The monoisotopic (exact) mass is 327 g/mol. The number of furan rings is 1. The van der Waals surface area contributed by atoms with Crippen molar-refractivity contribution in [3.63, 3.8) is 0 Å². The largest absolute Gasteiger partial charge is 0.461 e. The summed E-state index contributed by atoms with van der Waals surface area (Å²) in [5.74, 6) is 1.73. The van der Waals surface area contributed by atoms with Crippen LogP contribution in [0.5, 0.6) is 0 Å². The zero-order valence-electron chi connectivity index (χ0n) is 13.2. The average Bonchev–Trinajstić information content (AvgIpc) is 3.17. The minimum atomic E-state index is 0.0961. The molecule has 0 amide bonds. The number of aryl methyl sites for hydroxylation is 2. The molecule has 0 spiro atoms. The van der Waals surface area contributed by atoms with Crippen molar-refractivity contribution in [3.05, 3.63) is 53.3 Å². The van der Waals surface area contributed by atoms with Crippen molar-refractivity contribution >= 4 is 17.5 Å². The van der Waals surface area contributed by atoms with Gasteiger partial charge in [0.2, 0.25) is 0 Å². The van der Waals surface area contributed by atoms with E-state index in [2.05, 4.69) is 10.2 Å². The molecule has 2 aromatic heterocycles. The number of hydrogen-bond donors (Lipinski definition) is 0. The van der Waals surface area contributed by atoms with E-state index in [0.717, 1.165) is 16.7 Å². The van der Waals surface area contributed by atoms with Crippen molar-refractivity contribution in [2.24, 2.45) is 7.05 Å². The van der Waals surface area contributed by atoms with E-state index in [1.54, 1.807) is 12.3 Å². The molecule has 2 heterocycles. The molecule has 0 fully saturated rings. The number of aromatic nitrogens is 3. The van der Waals surface area contributed by atoms with Crippen LogP contribution >= 0.6 is 11.8 Å². The number of hydrogen-bond acceptors (Lipinski definition) is 5. The number of carbonyl (C=O) groups is 1. The summed E-state index contributed by atoms with van der Waals surface area (Å²) in [6.45, 7) is 3.94. The van der Waals surface area contributed by atoms with Gasteiger partial charge in [-0.25, -0.2) is 0 Å². The molecule has 0 radical (unpaired) electrons. The molecule has 0 saturated carbocycles. The predicted molar refractivity (Wildman–Crippen MR) is 89.7 cm³/mol. The van der Waals surface area contributed by atoms with Crippen LogP contribution in [0.2, 0.25) is 0 Å². The van der Waals surface area contributed by atoms with Gasteiger partial charge in [0.1, 0.15) is 0 Å². The molecule has 5 nitrogen and oxygen atoms in total. The van der Waals surface area contributed by atoms with Crippen molar-refractivity contribution < 1.29 is 9.21 Å². The number of carbonyl (C=O) groups excluding carboxylic acids is 1. The second kappa shape index (κ2) is 6.42. The number of ketones is 1. The van der Waals surface area contributed by atoms with Gasteiger partial charge in [-0.3, -0.25) is 4.79 Å². The lowest BCUT2D eigenvalue weighted by molar-refractivity contribution is 0.102. The van der Waals surface area contributed by atoms with E-state index >= 15 is 0 Å². The van der Waals surface area contributed by atoms with Crippen LogP contribution in [0.4, 0.5) is 0 Å². The van der Waals surface area contributed by atoms with Crippen LogP contribution in [0.3, 0.4) is 0 Å². The highest BCUT2D eigenvalue weighted by Gasteiger charge is 2.16. The Morgan fingerprint density at radius 1 is 1.26 bits per heavy atom. The van der Waals surface area contributed by atoms with Crippen molar-refractivity contribution in [2.75, 3.05) is 5.75 Å². The summed E-state index contributed by atoms with van der Waals surface area (Å²) < 4.78 is 7.17. The van der Waals surface area contributed by atoms with Gasteiger partial charge in [-0.1, -0.05) is 29.5 Å². The minimum Gasteiger partial charge on any atom is -0.461 e. The first-order valence-corrected chi connectivity index (χ1v) is 8.21. The van der Waals surface area contributed by atoms with Crippen LogP contribution in [-0.4, -0.2) is 26.3 Å². The molecule has 0 aliphatic carbocycles. The Kier molecular flexibility index (Phi) is 4.34. The molecule has 0 aliphatic heterocycles. The van der Waals surface area contributed by atoms with Crippen molar-refractivity contribution in [3.8, 4) is 11.6 Å². The summed E-state index contributed by atoms with van der Waals surface area (Å²) in [6.07, 6.45) is 1.60. The highest BCUT2D eigenvalue weighted by Crippen LogP contribution is 2.24. The van der Waals surface area contributed by atoms with Crippen LogP contribution in [0.15, 0.2) is 46.2 Å². The van der Waals surface area contributed by atoms with Gasteiger partial charge in [-0.05, 0) is 37.6 Å². The Labute approximate surface area is 138 Å². The number of thioether (sulfide) groups is 1. The molecule has 6 heteroatoms.